The fraction of sp³-hybridized carbons (Fsp3) is 0.583. The number of anilines is 1. The van der Waals surface area contributed by atoms with Crippen LogP contribution in [-0.2, 0) is 17.5 Å². The molecule has 1 aliphatic rings. The van der Waals surface area contributed by atoms with Crippen LogP contribution in [-0.4, -0.2) is 31.3 Å². The lowest BCUT2D eigenvalue weighted by Crippen LogP contribution is -2.34. The first-order chi connectivity index (χ1) is 8.93. The Labute approximate surface area is 109 Å². The average Bonchev–Trinajstić information content (AvgIpc) is 2.90. The zero-order valence-electron chi connectivity index (χ0n) is 10.6. The van der Waals surface area contributed by atoms with Gasteiger partial charge in [-0.05, 0) is 12.5 Å². The minimum Gasteiger partial charge on any atom is -0.379 e. The summed E-state index contributed by atoms with van der Waals surface area (Å²) in [6.07, 6.45) is -3.67. The number of likely N-dealkylation sites (N-methyl/N-ethyl adjacent to an activating group) is 1. The number of nitrogens with two attached hydrogens (primary N) is 1. The fourth-order valence-electron chi connectivity index (χ4n) is 2.10. The second kappa shape index (κ2) is 5.34. The summed E-state index contributed by atoms with van der Waals surface area (Å²) in [5.74, 6) is 0.285. The van der Waals surface area contributed by atoms with Crippen molar-refractivity contribution in [2.75, 3.05) is 25.2 Å². The summed E-state index contributed by atoms with van der Waals surface area (Å²) in [6, 6.07) is 2.39. The molecule has 1 fully saturated rings. The predicted molar refractivity (Wildman–Crippen MR) is 64.8 cm³/mol. The van der Waals surface area contributed by atoms with Crippen LogP contribution in [0.2, 0.25) is 0 Å². The third kappa shape index (κ3) is 2.98. The van der Waals surface area contributed by atoms with Crippen LogP contribution < -0.4 is 10.6 Å². The topological polar surface area (TPSA) is 51.4 Å². The number of nitrogens with zero attached hydrogens (tertiary/aromatic N) is 2. The molecule has 106 valence electrons. The van der Waals surface area contributed by atoms with E-state index in [4.69, 9.17) is 10.5 Å². The first-order valence-corrected chi connectivity index (χ1v) is 6.01. The van der Waals surface area contributed by atoms with Crippen molar-refractivity contribution in [1.29, 1.82) is 0 Å². The quantitative estimate of drug-likeness (QED) is 0.913. The molecule has 19 heavy (non-hydrogen) atoms. The third-order valence-electron chi connectivity index (χ3n) is 3.25. The number of pyridine rings is 1. The van der Waals surface area contributed by atoms with Gasteiger partial charge in [-0.25, -0.2) is 4.98 Å². The Morgan fingerprint density at radius 2 is 2.21 bits per heavy atom. The zero-order chi connectivity index (χ0) is 14.0. The smallest absolute Gasteiger partial charge is 0.379 e. The molecular formula is C12H16F3N3O. The summed E-state index contributed by atoms with van der Waals surface area (Å²) in [5.41, 5.74) is 5.27. The van der Waals surface area contributed by atoms with Gasteiger partial charge < -0.3 is 15.4 Å². The Balaban J connectivity index is 2.35. The number of halogens is 3. The van der Waals surface area contributed by atoms with Gasteiger partial charge in [-0.3, -0.25) is 0 Å². The maximum absolute atomic E-state index is 12.7. The lowest BCUT2D eigenvalue weighted by Gasteiger charge is -2.27. The highest BCUT2D eigenvalue weighted by molar-refractivity contribution is 5.48. The Kier molecular flexibility index (Phi) is 3.96. The van der Waals surface area contributed by atoms with E-state index >= 15 is 0 Å². The summed E-state index contributed by atoms with van der Waals surface area (Å²) in [7, 11) is 1.72. The van der Waals surface area contributed by atoms with E-state index in [0.717, 1.165) is 12.5 Å². The molecule has 4 nitrogen and oxygen atoms in total. The monoisotopic (exact) mass is 275 g/mol. The van der Waals surface area contributed by atoms with E-state index in [1.54, 1.807) is 11.9 Å². The summed E-state index contributed by atoms with van der Waals surface area (Å²) < 4.78 is 43.4. The molecule has 7 heteroatoms. The van der Waals surface area contributed by atoms with E-state index in [1.165, 1.54) is 6.07 Å². The van der Waals surface area contributed by atoms with Gasteiger partial charge in [0.05, 0.1) is 12.6 Å². The molecule has 0 radical (unpaired) electrons. The van der Waals surface area contributed by atoms with Crippen molar-refractivity contribution in [1.82, 2.24) is 4.98 Å². The van der Waals surface area contributed by atoms with Crippen LogP contribution in [0.4, 0.5) is 19.0 Å². The van der Waals surface area contributed by atoms with E-state index in [2.05, 4.69) is 4.98 Å². The van der Waals surface area contributed by atoms with Gasteiger partial charge in [0.15, 0.2) is 0 Å². The molecule has 0 saturated carbocycles. The molecule has 0 amide bonds. The van der Waals surface area contributed by atoms with E-state index in [0.29, 0.717) is 18.8 Å². The number of alkyl halides is 3. The highest BCUT2D eigenvalue weighted by Crippen LogP contribution is 2.31. The number of ether oxygens (including phenoxy) is 1. The summed E-state index contributed by atoms with van der Waals surface area (Å²) >= 11 is 0. The van der Waals surface area contributed by atoms with Crippen LogP contribution >= 0.6 is 0 Å². The lowest BCUT2D eigenvalue weighted by molar-refractivity contribution is -0.141. The fourth-order valence-corrected chi connectivity index (χ4v) is 2.10. The first-order valence-electron chi connectivity index (χ1n) is 6.01. The maximum Gasteiger partial charge on any atom is 0.433 e. The third-order valence-corrected chi connectivity index (χ3v) is 3.25. The van der Waals surface area contributed by atoms with Gasteiger partial charge in [-0.2, -0.15) is 13.2 Å². The number of hydrogen-bond acceptors (Lipinski definition) is 4. The molecule has 1 atom stereocenters. The Morgan fingerprint density at radius 3 is 2.74 bits per heavy atom. The van der Waals surface area contributed by atoms with Crippen molar-refractivity contribution < 1.29 is 17.9 Å². The molecule has 1 aromatic heterocycles. The molecule has 1 aliphatic heterocycles. The molecule has 0 aromatic carbocycles. The second-order valence-corrected chi connectivity index (χ2v) is 4.51. The minimum absolute atomic E-state index is 0.0429. The summed E-state index contributed by atoms with van der Waals surface area (Å²) in [4.78, 5) is 5.45. The van der Waals surface area contributed by atoms with Gasteiger partial charge in [0, 0.05) is 25.8 Å². The van der Waals surface area contributed by atoms with Gasteiger partial charge in [-0.15, -0.1) is 0 Å². The molecule has 2 heterocycles. The summed E-state index contributed by atoms with van der Waals surface area (Å²) in [5, 5.41) is 0. The van der Waals surface area contributed by atoms with Crippen LogP contribution in [0.15, 0.2) is 12.1 Å². The Morgan fingerprint density at radius 1 is 1.47 bits per heavy atom. The molecule has 1 aromatic rings. The second-order valence-electron chi connectivity index (χ2n) is 4.51. The molecule has 1 saturated heterocycles. The lowest BCUT2D eigenvalue weighted by atomic mass is 10.1. The molecule has 2 rings (SSSR count). The van der Waals surface area contributed by atoms with Gasteiger partial charge in [0.2, 0.25) is 0 Å². The highest BCUT2D eigenvalue weighted by Gasteiger charge is 2.34. The molecule has 2 N–H and O–H groups in total. The number of rotatable bonds is 3. The summed E-state index contributed by atoms with van der Waals surface area (Å²) in [6.45, 7) is 1.27. The molecule has 0 aliphatic carbocycles. The molecule has 0 spiro atoms. The largest absolute Gasteiger partial charge is 0.433 e. The van der Waals surface area contributed by atoms with E-state index in [9.17, 15) is 13.2 Å². The van der Waals surface area contributed by atoms with Crippen molar-refractivity contribution in [3.8, 4) is 0 Å². The normalized spacial score (nSPS) is 19.7. The van der Waals surface area contributed by atoms with Crippen LogP contribution in [0.5, 0.6) is 0 Å². The van der Waals surface area contributed by atoms with Crippen LogP contribution in [0.25, 0.3) is 0 Å². The first kappa shape index (κ1) is 14.1. The molecule has 0 bridgehead atoms. The standard InChI is InChI=1S/C12H16F3N3O/c1-18(9-4-5-19-7-9)11-8(6-16)2-3-10(17-11)12(13,14)15/h2-3,9H,4-7,16H2,1H3. The highest BCUT2D eigenvalue weighted by atomic mass is 19.4. The van der Waals surface area contributed by atoms with Crippen molar-refractivity contribution in [2.24, 2.45) is 5.73 Å². The zero-order valence-corrected chi connectivity index (χ0v) is 10.6. The molecule has 1 unspecified atom stereocenters. The van der Waals surface area contributed by atoms with Crippen LogP contribution in [0.3, 0.4) is 0 Å². The van der Waals surface area contributed by atoms with Crippen LogP contribution in [0, 0.1) is 0 Å². The molecular weight excluding hydrogens is 259 g/mol. The van der Waals surface area contributed by atoms with Crippen molar-refractivity contribution in [3.63, 3.8) is 0 Å². The van der Waals surface area contributed by atoms with Gasteiger partial charge in [0.1, 0.15) is 11.5 Å². The average molecular weight is 275 g/mol. The minimum atomic E-state index is -4.45. The van der Waals surface area contributed by atoms with Crippen molar-refractivity contribution in [3.05, 3.63) is 23.4 Å². The van der Waals surface area contributed by atoms with Crippen molar-refractivity contribution in [2.45, 2.75) is 25.2 Å². The Hall–Kier alpha value is -1.34. The van der Waals surface area contributed by atoms with E-state index in [1.807, 2.05) is 0 Å². The van der Waals surface area contributed by atoms with Crippen LogP contribution in [0.1, 0.15) is 17.7 Å². The van der Waals surface area contributed by atoms with Gasteiger partial charge in [0.25, 0.3) is 0 Å². The number of hydrogen-bond donors (Lipinski definition) is 1. The van der Waals surface area contributed by atoms with Gasteiger partial charge >= 0.3 is 6.18 Å². The van der Waals surface area contributed by atoms with E-state index in [-0.39, 0.29) is 18.4 Å². The SMILES string of the molecule is CN(c1nc(C(F)(F)F)ccc1CN)C1CCOC1. The van der Waals surface area contributed by atoms with E-state index < -0.39 is 11.9 Å². The van der Waals surface area contributed by atoms with Gasteiger partial charge in [-0.1, -0.05) is 6.07 Å². The number of aromatic nitrogens is 1. The Bertz CT molecular complexity index is 444. The maximum atomic E-state index is 12.7. The van der Waals surface area contributed by atoms with Crippen molar-refractivity contribution >= 4 is 5.82 Å². The predicted octanol–water partition coefficient (Wildman–Crippen LogP) is 1.78.